The van der Waals surface area contributed by atoms with Gasteiger partial charge in [-0.25, -0.2) is 0 Å². The van der Waals surface area contributed by atoms with Gasteiger partial charge in [0.25, 0.3) is 0 Å². The summed E-state index contributed by atoms with van der Waals surface area (Å²) in [5, 5.41) is 2.75. The average Bonchev–Trinajstić information content (AvgIpc) is 2.46. The van der Waals surface area contributed by atoms with E-state index in [0.717, 1.165) is 16.8 Å². The number of carbonyl (C=O) groups is 1. The van der Waals surface area contributed by atoms with Gasteiger partial charge in [0.05, 0.1) is 0 Å². The van der Waals surface area contributed by atoms with E-state index < -0.39 is 0 Å². The highest BCUT2D eigenvalue weighted by Gasteiger charge is 1.95. The predicted molar refractivity (Wildman–Crippen MR) is 90.4 cm³/mol. The number of rotatable bonds is 4. The molecule has 0 saturated carbocycles. The molecule has 108 valence electrons. The maximum atomic E-state index is 11.0. The van der Waals surface area contributed by atoms with Crippen LogP contribution in [0.4, 0.5) is 11.4 Å². The molecule has 0 atom stereocenters. The highest BCUT2D eigenvalue weighted by atomic mass is 16.1. The summed E-state index contributed by atoms with van der Waals surface area (Å²) in [5.74, 6) is -0.0562. The molecule has 0 fully saturated rings. The maximum Gasteiger partial charge on any atom is 0.221 e. The van der Waals surface area contributed by atoms with Crippen LogP contribution in [0.15, 0.2) is 48.5 Å². The quantitative estimate of drug-likeness (QED) is 0.862. The van der Waals surface area contributed by atoms with Crippen molar-refractivity contribution < 1.29 is 4.79 Å². The molecule has 0 saturated heterocycles. The van der Waals surface area contributed by atoms with Crippen molar-refractivity contribution in [2.75, 3.05) is 24.3 Å². The molecular weight excluding hydrogens is 260 g/mol. The number of benzene rings is 2. The second kappa shape index (κ2) is 6.75. The van der Waals surface area contributed by atoms with Crippen LogP contribution >= 0.6 is 0 Å². The lowest BCUT2D eigenvalue weighted by molar-refractivity contribution is -0.114. The topological polar surface area (TPSA) is 32.3 Å². The highest BCUT2D eigenvalue weighted by Crippen LogP contribution is 2.15. The summed E-state index contributed by atoms with van der Waals surface area (Å²) < 4.78 is 0. The van der Waals surface area contributed by atoms with E-state index in [-0.39, 0.29) is 5.91 Å². The Morgan fingerprint density at radius 1 is 0.905 bits per heavy atom. The molecule has 0 aliphatic rings. The van der Waals surface area contributed by atoms with E-state index >= 15 is 0 Å². The fraction of sp³-hybridized carbons (Fsp3) is 0.167. The van der Waals surface area contributed by atoms with Crippen LogP contribution in [0.5, 0.6) is 0 Å². The standard InChI is InChI=1S/C18H20N2O/c1-14(21)19-17-10-6-15(7-11-17)4-5-16-8-12-18(13-9-16)20(2)3/h4-13H,1-3H3,(H,19,21)/b5-4+. The smallest absolute Gasteiger partial charge is 0.221 e. The van der Waals surface area contributed by atoms with Gasteiger partial charge in [-0.2, -0.15) is 0 Å². The van der Waals surface area contributed by atoms with Crippen LogP contribution < -0.4 is 10.2 Å². The molecule has 2 rings (SSSR count). The van der Waals surface area contributed by atoms with Gasteiger partial charge in [0.15, 0.2) is 0 Å². The van der Waals surface area contributed by atoms with Gasteiger partial charge in [-0.15, -0.1) is 0 Å². The lowest BCUT2D eigenvalue weighted by Crippen LogP contribution is -2.07. The lowest BCUT2D eigenvalue weighted by Gasteiger charge is -2.11. The summed E-state index contributed by atoms with van der Waals surface area (Å²) in [7, 11) is 4.06. The van der Waals surface area contributed by atoms with Crippen LogP contribution in [-0.4, -0.2) is 20.0 Å². The molecule has 3 heteroatoms. The van der Waals surface area contributed by atoms with Gasteiger partial charge in [-0.3, -0.25) is 4.79 Å². The molecule has 2 aromatic carbocycles. The number of carbonyl (C=O) groups excluding carboxylic acids is 1. The Bertz CT molecular complexity index is 625. The van der Waals surface area contributed by atoms with Crippen molar-refractivity contribution in [3.63, 3.8) is 0 Å². The summed E-state index contributed by atoms with van der Waals surface area (Å²) in [4.78, 5) is 13.0. The van der Waals surface area contributed by atoms with Gasteiger partial charge in [0.1, 0.15) is 0 Å². The maximum absolute atomic E-state index is 11.0. The Hall–Kier alpha value is -2.55. The van der Waals surface area contributed by atoms with Gasteiger partial charge in [-0.05, 0) is 35.4 Å². The molecule has 0 bridgehead atoms. The SMILES string of the molecule is CC(=O)Nc1ccc(/C=C/c2ccc(N(C)C)cc2)cc1. The second-order valence-electron chi connectivity index (χ2n) is 5.12. The van der Waals surface area contributed by atoms with Crippen molar-refractivity contribution in [2.24, 2.45) is 0 Å². The summed E-state index contributed by atoms with van der Waals surface area (Å²) in [6.07, 6.45) is 4.13. The molecule has 1 N–H and O–H groups in total. The number of hydrogen-bond donors (Lipinski definition) is 1. The van der Waals surface area contributed by atoms with Crippen LogP contribution in [0, 0.1) is 0 Å². The van der Waals surface area contributed by atoms with Gasteiger partial charge in [-0.1, -0.05) is 36.4 Å². The van der Waals surface area contributed by atoms with E-state index in [1.165, 1.54) is 12.6 Å². The molecular formula is C18H20N2O. The first-order chi connectivity index (χ1) is 10.0. The minimum Gasteiger partial charge on any atom is -0.378 e. The predicted octanol–water partition coefficient (Wildman–Crippen LogP) is 3.88. The first-order valence-corrected chi connectivity index (χ1v) is 6.88. The van der Waals surface area contributed by atoms with Gasteiger partial charge < -0.3 is 10.2 Å². The summed E-state index contributed by atoms with van der Waals surface area (Å²) in [6.45, 7) is 1.51. The first kappa shape index (κ1) is 14.9. The summed E-state index contributed by atoms with van der Waals surface area (Å²) in [6, 6.07) is 16.1. The molecule has 0 radical (unpaired) electrons. The third-order valence-corrected chi connectivity index (χ3v) is 3.11. The van der Waals surface area contributed by atoms with Crippen LogP contribution in [0.2, 0.25) is 0 Å². The zero-order valence-electron chi connectivity index (χ0n) is 12.6. The molecule has 0 heterocycles. The molecule has 0 unspecified atom stereocenters. The van der Waals surface area contributed by atoms with E-state index in [2.05, 4.69) is 46.6 Å². The van der Waals surface area contributed by atoms with E-state index in [1.807, 2.05) is 38.4 Å². The Morgan fingerprint density at radius 2 is 1.38 bits per heavy atom. The fourth-order valence-corrected chi connectivity index (χ4v) is 1.96. The van der Waals surface area contributed by atoms with Gasteiger partial charge >= 0.3 is 0 Å². The van der Waals surface area contributed by atoms with Crippen molar-refractivity contribution in [3.05, 3.63) is 59.7 Å². The number of hydrogen-bond acceptors (Lipinski definition) is 2. The van der Waals surface area contributed by atoms with Crippen LogP contribution in [0.3, 0.4) is 0 Å². The lowest BCUT2D eigenvalue weighted by atomic mass is 10.1. The molecule has 3 nitrogen and oxygen atoms in total. The first-order valence-electron chi connectivity index (χ1n) is 6.88. The molecule has 0 aromatic heterocycles. The monoisotopic (exact) mass is 280 g/mol. The van der Waals surface area contributed by atoms with Gasteiger partial charge in [0, 0.05) is 32.4 Å². The number of anilines is 2. The Kier molecular flexibility index (Phi) is 4.77. The zero-order chi connectivity index (χ0) is 15.2. The van der Waals surface area contributed by atoms with Crippen molar-refractivity contribution in [1.82, 2.24) is 0 Å². The molecule has 2 aromatic rings. The van der Waals surface area contributed by atoms with Crippen molar-refractivity contribution in [1.29, 1.82) is 0 Å². The average molecular weight is 280 g/mol. The third-order valence-electron chi connectivity index (χ3n) is 3.11. The van der Waals surface area contributed by atoms with E-state index in [0.29, 0.717) is 0 Å². The number of nitrogens with one attached hydrogen (secondary N) is 1. The van der Waals surface area contributed by atoms with Crippen LogP contribution in [-0.2, 0) is 4.79 Å². The van der Waals surface area contributed by atoms with Crippen molar-refractivity contribution in [2.45, 2.75) is 6.92 Å². The largest absolute Gasteiger partial charge is 0.378 e. The second-order valence-corrected chi connectivity index (χ2v) is 5.12. The molecule has 1 amide bonds. The Labute approximate surface area is 125 Å². The van der Waals surface area contributed by atoms with Crippen molar-refractivity contribution in [3.8, 4) is 0 Å². The summed E-state index contributed by atoms with van der Waals surface area (Å²) >= 11 is 0. The van der Waals surface area contributed by atoms with Crippen molar-refractivity contribution >= 4 is 29.4 Å². The minimum absolute atomic E-state index is 0.0562. The van der Waals surface area contributed by atoms with E-state index in [9.17, 15) is 4.79 Å². The van der Waals surface area contributed by atoms with Gasteiger partial charge in [0.2, 0.25) is 5.91 Å². The normalized spacial score (nSPS) is 10.6. The van der Waals surface area contributed by atoms with E-state index in [1.54, 1.807) is 0 Å². The summed E-state index contributed by atoms with van der Waals surface area (Å²) in [5.41, 5.74) is 4.26. The third kappa shape index (κ3) is 4.49. The highest BCUT2D eigenvalue weighted by molar-refractivity contribution is 5.88. The number of nitrogens with zero attached hydrogens (tertiary/aromatic N) is 1. The molecule has 0 aliphatic heterocycles. The Balaban J connectivity index is 2.05. The van der Waals surface area contributed by atoms with Crippen LogP contribution in [0.25, 0.3) is 12.2 Å². The fourth-order valence-electron chi connectivity index (χ4n) is 1.96. The minimum atomic E-state index is -0.0562. The number of amides is 1. The van der Waals surface area contributed by atoms with E-state index in [4.69, 9.17) is 0 Å². The Morgan fingerprint density at radius 3 is 1.81 bits per heavy atom. The van der Waals surface area contributed by atoms with Crippen LogP contribution in [0.1, 0.15) is 18.1 Å². The molecule has 0 aliphatic carbocycles. The molecule has 0 spiro atoms. The zero-order valence-corrected chi connectivity index (χ0v) is 12.6. The molecule has 21 heavy (non-hydrogen) atoms.